The Morgan fingerprint density at radius 1 is 1.29 bits per heavy atom. The van der Waals surface area contributed by atoms with Crippen LogP contribution in [0.25, 0.3) is 0 Å². The molecule has 0 fully saturated rings. The van der Waals surface area contributed by atoms with Crippen LogP contribution in [0.3, 0.4) is 0 Å². The van der Waals surface area contributed by atoms with E-state index in [2.05, 4.69) is 29.9 Å². The first-order chi connectivity index (χ1) is 11.6. The van der Waals surface area contributed by atoms with Gasteiger partial charge in [-0.15, -0.1) is 8.78 Å². The molecule has 0 aliphatic carbocycles. The van der Waals surface area contributed by atoms with E-state index in [1.54, 1.807) is 6.07 Å². The van der Waals surface area contributed by atoms with E-state index in [-0.39, 0.29) is 29.8 Å². The van der Waals surface area contributed by atoms with Crippen LogP contribution in [0.4, 0.5) is 14.5 Å². The summed E-state index contributed by atoms with van der Waals surface area (Å²) >= 11 is 0. The number of fused-ring (bicyclic) bond motifs is 1. The third kappa shape index (κ3) is 3.72. The molecule has 0 atom stereocenters. The van der Waals surface area contributed by atoms with Crippen LogP contribution >= 0.6 is 0 Å². The summed E-state index contributed by atoms with van der Waals surface area (Å²) in [6, 6.07) is 6.00. The number of alkyl halides is 2. The van der Waals surface area contributed by atoms with Gasteiger partial charge in [0.05, 0.1) is 0 Å². The lowest BCUT2D eigenvalue weighted by Crippen LogP contribution is -2.25. The lowest BCUT2D eigenvalue weighted by atomic mass is 10.3. The van der Waals surface area contributed by atoms with Crippen molar-refractivity contribution in [1.29, 1.82) is 5.53 Å². The van der Waals surface area contributed by atoms with Gasteiger partial charge < -0.3 is 19.5 Å². The van der Waals surface area contributed by atoms with E-state index in [1.165, 1.54) is 36.8 Å². The molecular weight excluding hydrogens is 324 g/mol. The quantitative estimate of drug-likeness (QED) is 0.786. The Kier molecular flexibility index (Phi) is 4.18. The molecule has 0 bridgehead atoms. The van der Waals surface area contributed by atoms with E-state index in [1.807, 2.05) is 0 Å². The second-order valence-electron chi connectivity index (χ2n) is 4.54. The van der Waals surface area contributed by atoms with Crippen LogP contribution in [0.5, 0.6) is 17.5 Å². The molecule has 1 aromatic heterocycles. The molecule has 1 aliphatic rings. The number of nitrogens with zero attached hydrogens (tertiary/aromatic N) is 3. The number of halogens is 2. The number of nitrogens with one attached hydrogen (secondary N) is 2. The zero-order chi connectivity index (χ0) is 17.0. The molecule has 0 unspecified atom stereocenters. The topological polar surface area (TPSA) is 102 Å². The van der Waals surface area contributed by atoms with Crippen molar-refractivity contribution in [2.75, 3.05) is 11.9 Å². The highest BCUT2D eigenvalue weighted by Crippen LogP contribution is 2.42. The lowest BCUT2D eigenvalue weighted by Gasteiger charge is -2.05. The van der Waals surface area contributed by atoms with E-state index in [4.69, 9.17) is 10.3 Å². The smallest absolute Gasteiger partial charge is 0.457 e. The molecule has 0 spiro atoms. The molecule has 0 saturated carbocycles. The molecule has 24 heavy (non-hydrogen) atoms. The molecule has 2 aromatic rings. The van der Waals surface area contributed by atoms with Crippen molar-refractivity contribution < 1.29 is 23.0 Å². The molecule has 10 heteroatoms. The molecule has 1 aliphatic heterocycles. The van der Waals surface area contributed by atoms with Gasteiger partial charge in [0.2, 0.25) is 0 Å². The van der Waals surface area contributed by atoms with Crippen LogP contribution in [-0.4, -0.2) is 22.9 Å². The fourth-order valence-corrected chi connectivity index (χ4v) is 1.81. The summed E-state index contributed by atoms with van der Waals surface area (Å²) in [6.45, 7) is -0.0386. The minimum Gasteiger partial charge on any atom is -0.457 e. The van der Waals surface area contributed by atoms with Crippen molar-refractivity contribution in [3.05, 3.63) is 48.6 Å². The van der Waals surface area contributed by atoms with Crippen molar-refractivity contribution in [3.8, 4) is 17.5 Å². The number of anilines is 1. The maximum absolute atomic E-state index is 13.0. The Morgan fingerprint density at radius 3 is 2.79 bits per heavy atom. The van der Waals surface area contributed by atoms with Crippen LogP contribution in [0, 0.1) is 5.53 Å². The average molecular weight is 335 g/mol. The molecular formula is C14H11F2N5O3. The fourth-order valence-electron chi connectivity index (χ4n) is 1.81. The minimum atomic E-state index is -3.66. The Balaban J connectivity index is 1.63. The number of rotatable bonds is 6. The predicted octanol–water partition coefficient (Wildman–Crippen LogP) is 3.16. The Bertz CT molecular complexity index is 770. The van der Waals surface area contributed by atoms with Gasteiger partial charge in [0.1, 0.15) is 12.3 Å². The van der Waals surface area contributed by atoms with E-state index < -0.39 is 6.29 Å². The van der Waals surface area contributed by atoms with Crippen LogP contribution in [0.2, 0.25) is 0 Å². The van der Waals surface area contributed by atoms with Crippen molar-refractivity contribution >= 4 is 5.69 Å². The van der Waals surface area contributed by atoms with Crippen LogP contribution < -0.4 is 19.5 Å². The molecule has 2 N–H and O–H groups in total. The van der Waals surface area contributed by atoms with Gasteiger partial charge in [0.25, 0.3) is 0 Å². The lowest BCUT2D eigenvalue weighted by molar-refractivity contribution is -0.286. The zero-order valence-corrected chi connectivity index (χ0v) is 12.1. The normalized spacial score (nSPS) is 15.0. The van der Waals surface area contributed by atoms with E-state index >= 15 is 0 Å². The van der Waals surface area contributed by atoms with E-state index in [9.17, 15) is 8.78 Å². The molecule has 0 saturated heterocycles. The zero-order valence-electron chi connectivity index (χ0n) is 12.1. The van der Waals surface area contributed by atoms with Crippen molar-refractivity contribution in [2.24, 2.45) is 5.11 Å². The molecule has 0 radical (unpaired) electrons. The highest BCUT2D eigenvalue weighted by atomic mass is 19.3. The number of hydrogen-bond acceptors (Lipinski definition) is 8. The number of aromatic nitrogens is 2. The Labute approximate surface area is 134 Å². The third-order valence-electron chi connectivity index (χ3n) is 2.84. The Hall–Kier alpha value is -3.30. The number of benzene rings is 1. The predicted molar refractivity (Wildman–Crippen MR) is 77.0 cm³/mol. The molecule has 124 valence electrons. The summed E-state index contributed by atoms with van der Waals surface area (Å²) in [5.41, 5.74) is 7.81. The van der Waals surface area contributed by atoms with Gasteiger partial charge >= 0.3 is 12.3 Å². The van der Waals surface area contributed by atoms with Gasteiger partial charge in [0, 0.05) is 30.3 Å². The first-order valence-electron chi connectivity index (χ1n) is 6.68. The third-order valence-corrected chi connectivity index (χ3v) is 2.84. The fraction of sp³-hybridized carbons (Fsp3) is 0.143. The average Bonchev–Trinajstić information content (AvgIpc) is 2.89. The highest BCUT2D eigenvalue weighted by molar-refractivity contribution is 5.57. The summed E-state index contributed by atoms with van der Waals surface area (Å²) in [7, 11) is 0. The standard InChI is InChI=1S/C14H11F2N5O3/c15-14(16)23-11-3-2-9(6-12(11)24-14)20-7-10(21-17)8-22-13-18-4-1-5-19-13/h1-7,17,20H,8H2/b10-7-,21-17?. The van der Waals surface area contributed by atoms with Gasteiger partial charge in [-0.05, 0) is 18.2 Å². The van der Waals surface area contributed by atoms with Gasteiger partial charge in [-0.25, -0.2) is 15.5 Å². The van der Waals surface area contributed by atoms with E-state index in [0.29, 0.717) is 5.69 Å². The molecule has 2 heterocycles. The van der Waals surface area contributed by atoms with Crippen molar-refractivity contribution in [2.45, 2.75) is 6.29 Å². The summed E-state index contributed by atoms with van der Waals surface area (Å²) < 4.78 is 39.8. The molecule has 1 aromatic carbocycles. The SMILES string of the molecule is N=N/C(=C\Nc1ccc2c(c1)OC(F)(F)O2)COc1ncccn1. The van der Waals surface area contributed by atoms with Gasteiger partial charge in [-0.2, -0.15) is 5.11 Å². The van der Waals surface area contributed by atoms with Crippen molar-refractivity contribution in [1.82, 2.24) is 9.97 Å². The van der Waals surface area contributed by atoms with Gasteiger partial charge in [0.15, 0.2) is 11.5 Å². The second-order valence-corrected chi connectivity index (χ2v) is 4.54. The Morgan fingerprint density at radius 2 is 2.04 bits per heavy atom. The van der Waals surface area contributed by atoms with E-state index in [0.717, 1.165) is 0 Å². The second kappa shape index (κ2) is 6.44. The molecule has 3 rings (SSSR count). The van der Waals surface area contributed by atoms with Gasteiger partial charge in [-0.1, -0.05) is 0 Å². The summed E-state index contributed by atoms with van der Waals surface area (Å²) in [4.78, 5) is 7.74. The number of ether oxygens (including phenoxy) is 3. The maximum atomic E-state index is 13.0. The van der Waals surface area contributed by atoms with Crippen LogP contribution in [0.1, 0.15) is 0 Å². The largest absolute Gasteiger partial charge is 0.586 e. The summed E-state index contributed by atoms with van der Waals surface area (Å²) in [6.07, 6.45) is 0.766. The molecule has 8 nitrogen and oxygen atoms in total. The maximum Gasteiger partial charge on any atom is 0.586 e. The minimum absolute atomic E-state index is 0.0386. The van der Waals surface area contributed by atoms with Crippen molar-refractivity contribution in [3.63, 3.8) is 0 Å². The first-order valence-corrected chi connectivity index (χ1v) is 6.68. The first kappa shape index (κ1) is 15.6. The highest BCUT2D eigenvalue weighted by Gasteiger charge is 2.43. The van der Waals surface area contributed by atoms with Crippen LogP contribution in [0.15, 0.2) is 53.7 Å². The molecule has 0 amide bonds. The summed E-state index contributed by atoms with van der Waals surface area (Å²) in [5, 5.41) is 6.12. The monoisotopic (exact) mass is 335 g/mol. The van der Waals surface area contributed by atoms with Gasteiger partial charge in [-0.3, -0.25) is 0 Å². The van der Waals surface area contributed by atoms with Crippen LogP contribution in [-0.2, 0) is 0 Å². The summed E-state index contributed by atoms with van der Waals surface area (Å²) in [5.74, 6) is -0.138. The number of hydrogen-bond donors (Lipinski definition) is 2.